The van der Waals surface area contributed by atoms with Crippen LogP contribution in [0.3, 0.4) is 0 Å². The van der Waals surface area contributed by atoms with Crippen LogP contribution in [0.5, 0.6) is 5.75 Å². The number of rotatable bonds is 4. The van der Waals surface area contributed by atoms with Gasteiger partial charge in [0.2, 0.25) is 0 Å². The second-order valence-electron chi connectivity index (χ2n) is 6.68. The Kier molecular flexibility index (Phi) is 4.14. The van der Waals surface area contributed by atoms with Gasteiger partial charge in [0.25, 0.3) is 0 Å². The highest BCUT2D eigenvalue weighted by atomic mass is 16.6. The van der Waals surface area contributed by atoms with Crippen LogP contribution >= 0.6 is 0 Å². The summed E-state index contributed by atoms with van der Waals surface area (Å²) in [4.78, 5) is 11.7. The number of amides is 1. The Balaban J connectivity index is 2.08. The minimum Gasteiger partial charge on any atom is -0.508 e. The number of hydrogen-bond acceptors (Lipinski definition) is 4. The van der Waals surface area contributed by atoms with Gasteiger partial charge in [-0.05, 0) is 52.6 Å². The van der Waals surface area contributed by atoms with E-state index >= 15 is 0 Å². The smallest absolute Gasteiger partial charge is 0.412 e. The van der Waals surface area contributed by atoms with Gasteiger partial charge in [-0.1, -0.05) is 6.07 Å². The molecule has 116 valence electrons. The minimum atomic E-state index is -0.550. The maximum Gasteiger partial charge on any atom is 0.412 e. The Morgan fingerprint density at radius 1 is 1.43 bits per heavy atom. The number of hydrogen-bond donors (Lipinski definition) is 3. The van der Waals surface area contributed by atoms with Crippen molar-refractivity contribution in [1.82, 2.24) is 0 Å². The average Bonchev–Trinajstić information content (AvgIpc) is 3.07. The van der Waals surface area contributed by atoms with E-state index in [1.807, 2.05) is 6.07 Å². The normalized spacial score (nSPS) is 16.4. The van der Waals surface area contributed by atoms with Crippen molar-refractivity contribution in [3.8, 4) is 5.75 Å². The largest absolute Gasteiger partial charge is 0.508 e. The molecule has 1 fully saturated rings. The van der Waals surface area contributed by atoms with Gasteiger partial charge in [0.1, 0.15) is 11.4 Å². The number of phenolic OH excluding ortho intramolecular Hbond substituents is 1. The summed E-state index contributed by atoms with van der Waals surface area (Å²) >= 11 is 0. The number of aromatic hydroxyl groups is 1. The first kappa shape index (κ1) is 15.6. The molecule has 0 atom stereocenters. The van der Waals surface area contributed by atoms with Gasteiger partial charge >= 0.3 is 6.09 Å². The van der Waals surface area contributed by atoms with E-state index in [9.17, 15) is 9.90 Å². The highest BCUT2D eigenvalue weighted by Gasteiger charge is 2.44. The molecule has 1 saturated carbocycles. The summed E-state index contributed by atoms with van der Waals surface area (Å²) in [6, 6.07) is 5.22. The standard InChI is InChI=1S/C16H24N2O3/c1-15(2,3)21-14(20)18-11-4-5-12(13(19)10-11)16(6-7-16)8-9-17/h4-5,10,19H,6-9,17H2,1-3H3,(H,18,20). The van der Waals surface area contributed by atoms with Crippen LogP contribution in [0, 0.1) is 0 Å². The molecule has 0 spiro atoms. The molecule has 5 nitrogen and oxygen atoms in total. The molecule has 5 heteroatoms. The van der Waals surface area contributed by atoms with Crippen LogP contribution in [0.4, 0.5) is 10.5 Å². The Morgan fingerprint density at radius 2 is 2.10 bits per heavy atom. The van der Waals surface area contributed by atoms with Crippen molar-refractivity contribution in [2.75, 3.05) is 11.9 Å². The third kappa shape index (κ3) is 3.88. The summed E-state index contributed by atoms with van der Waals surface area (Å²) in [6.07, 6.45) is 2.45. The lowest BCUT2D eigenvalue weighted by atomic mass is 9.91. The summed E-state index contributed by atoms with van der Waals surface area (Å²) in [6.45, 7) is 6.02. The predicted octanol–water partition coefficient (Wildman–Crippen LogP) is 3.12. The Labute approximate surface area is 125 Å². The van der Waals surface area contributed by atoms with Gasteiger partial charge in [-0.3, -0.25) is 5.32 Å². The van der Waals surface area contributed by atoms with E-state index in [0.717, 1.165) is 24.8 Å². The van der Waals surface area contributed by atoms with Crippen molar-refractivity contribution in [1.29, 1.82) is 0 Å². The van der Waals surface area contributed by atoms with Crippen LogP contribution in [0.1, 0.15) is 45.6 Å². The number of carbonyl (C=O) groups is 1. The molecule has 1 aromatic carbocycles. The van der Waals surface area contributed by atoms with Crippen LogP contribution in [0.15, 0.2) is 18.2 Å². The molecule has 0 aliphatic heterocycles. The van der Waals surface area contributed by atoms with Crippen molar-refractivity contribution in [3.63, 3.8) is 0 Å². The van der Waals surface area contributed by atoms with Crippen molar-refractivity contribution in [2.45, 2.75) is 51.0 Å². The lowest BCUT2D eigenvalue weighted by molar-refractivity contribution is 0.0636. The van der Waals surface area contributed by atoms with Crippen LogP contribution in [0.2, 0.25) is 0 Å². The summed E-state index contributed by atoms with van der Waals surface area (Å²) < 4.78 is 5.18. The molecule has 0 heterocycles. The molecule has 0 bridgehead atoms. The third-order valence-corrected chi connectivity index (χ3v) is 3.69. The summed E-state index contributed by atoms with van der Waals surface area (Å²) in [5, 5.41) is 12.8. The third-order valence-electron chi connectivity index (χ3n) is 3.69. The number of phenols is 1. The molecule has 1 aliphatic rings. The van der Waals surface area contributed by atoms with E-state index in [-0.39, 0.29) is 11.2 Å². The lowest BCUT2D eigenvalue weighted by Crippen LogP contribution is -2.27. The Bertz CT molecular complexity index is 531. The molecule has 0 aromatic heterocycles. The maximum atomic E-state index is 11.7. The molecule has 21 heavy (non-hydrogen) atoms. The summed E-state index contributed by atoms with van der Waals surface area (Å²) in [5.41, 5.74) is 6.56. The molecule has 0 unspecified atom stereocenters. The van der Waals surface area contributed by atoms with Gasteiger partial charge in [-0.2, -0.15) is 0 Å². The average molecular weight is 292 g/mol. The molecule has 2 rings (SSSR count). The van der Waals surface area contributed by atoms with Gasteiger partial charge in [-0.25, -0.2) is 4.79 Å². The topological polar surface area (TPSA) is 84.6 Å². The first-order valence-electron chi connectivity index (χ1n) is 7.29. The number of anilines is 1. The number of ether oxygens (including phenoxy) is 1. The lowest BCUT2D eigenvalue weighted by Gasteiger charge is -2.20. The number of carbonyl (C=O) groups excluding carboxylic acids is 1. The monoisotopic (exact) mass is 292 g/mol. The number of nitrogens with one attached hydrogen (secondary N) is 1. The van der Waals surface area contributed by atoms with E-state index in [1.54, 1.807) is 32.9 Å². The first-order chi connectivity index (χ1) is 9.76. The Morgan fingerprint density at radius 3 is 2.57 bits per heavy atom. The highest BCUT2D eigenvalue weighted by molar-refractivity contribution is 5.85. The minimum absolute atomic E-state index is 0.0310. The molecule has 1 aliphatic carbocycles. The molecular formula is C16H24N2O3. The van der Waals surface area contributed by atoms with Crippen LogP contribution in [0.25, 0.3) is 0 Å². The molecule has 0 radical (unpaired) electrons. The van der Waals surface area contributed by atoms with Crippen molar-refractivity contribution in [3.05, 3.63) is 23.8 Å². The molecule has 4 N–H and O–H groups in total. The number of benzene rings is 1. The number of nitrogens with two attached hydrogens (primary N) is 1. The fourth-order valence-electron chi connectivity index (χ4n) is 2.56. The van der Waals surface area contributed by atoms with Gasteiger partial charge in [0.05, 0.1) is 0 Å². The second kappa shape index (κ2) is 5.56. The van der Waals surface area contributed by atoms with Crippen molar-refractivity contribution in [2.24, 2.45) is 5.73 Å². The molecular weight excluding hydrogens is 268 g/mol. The highest BCUT2D eigenvalue weighted by Crippen LogP contribution is 2.53. The van der Waals surface area contributed by atoms with E-state index in [0.29, 0.717) is 12.2 Å². The van der Waals surface area contributed by atoms with Gasteiger partial charge < -0.3 is 15.6 Å². The fourth-order valence-corrected chi connectivity index (χ4v) is 2.56. The Hall–Kier alpha value is -1.75. The van der Waals surface area contributed by atoms with Gasteiger partial charge in [-0.15, -0.1) is 0 Å². The maximum absolute atomic E-state index is 11.7. The van der Waals surface area contributed by atoms with E-state index in [4.69, 9.17) is 10.5 Å². The molecule has 0 saturated heterocycles. The first-order valence-corrected chi connectivity index (χ1v) is 7.29. The van der Waals surface area contributed by atoms with Crippen molar-refractivity contribution >= 4 is 11.8 Å². The zero-order chi connectivity index (χ0) is 15.7. The SMILES string of the molecule is CC(C)(C)OC(=O)Nc1ccc(C2(CCN)CC2)c(O)c1. The van der Waals surface area contributed by atoms with Gasteiger partial charge in [0, 0.05) is 22.7 Å². The van der Waals surface area contributed by atoms with E-state index < -0.39 is 11.7 Å². The summed E-state index contributed by atoms with van der Waals surface area (Å²) in [7, 11) is 0. The van der Waals surface area contributed by atoms with E-state index in [2.05, 4.69) is 5.32 Å². The van der Waals surface area contributed by atoms with Crippen LogP contribution < -0.4 is 11.1 Å². The van der Waals surface area contributed by atoms with Gasteiger partial charge in [0.15, 0.2) is 0 Å². The fraction of sp³-hybridized carbons (Fsp3) is 0.562. The molecule has 1 aromatic rings. The predicted molar refractivity (Wildman–Crippen MR) is 82.5 cm³/mol. The second-order valence-corrected chi connectivity index (χ2v) is 6.68. The van der Waals surface area contributed by atoms with Crippen LogP contribution in [-0.4, -0.2) is 23.3 Å². The van der Waals surface area contributed by atoms with E-state index in [1.165, 1.54) is 0 Å². The zero-order valence-electron chi connectivity index (χ0n) is 12.9. The van der Waals surface area contributed by atoms with Crippen LogP contribution in [-0.2, 0) is 10.2 Å². The van der Waals surface area contributed by atoms with Crippen molar-refractivity contribution < 1.29 is 14.6 Å². The quantitative estimate of drug-likeness (QED) is 0.796. The molecule has 1 amide bonds. The zero-order valence-corrected chi connectivity index (χ0v) is 12.9. The summed E-state index contributed by atoms with van der Waals surface area (Å²) in [5.74, 6) is 0.203.